The molecular formula is C45H68N2O3. The van der Waals surface area contributed by atoms with Gasteiger partial charge >= 0.3 is 5.97 Å². The van der Waals surface area contributed by atoms with Crippen molar-refractivity contribution in [3.8, 4) is 0 Å². The summed E-state index contributed by atoms with van der Waals surface area (Å²) in [5.74, 6) is 2.65. The van der Waals surface area contributed by atoms with Gasteiger partial charge in [0.15, 0.2) is 0 Å². The van der Waals surface area contributed by atoms with Gasteiger partial charge in [0.05, 0.1) is 19.1 Å². The van der Waals surface area contributed by atoms with Crippen molar-refractivity contribution in [2.24, 2.45) is 56.7 Å². The van der Waals surface area contributed by atoms with Gasteiger partial charge in [-0.25, -0.2) is 0 Å². The summed E-state index contributed by atoms with van der Waals surface area (Å²) in [6.45, 7) is 26.5. The molecule has 0 spiro atoms. The lowest BCUT2D eigenvalue weighted by Gasteiger charge is -2.72. The second-order valence-electron chi connectivity index (χ2n) is 18.9. The third-order valence-electron chi connectivity index (χ3n) is 16.3. The normalized spacial score (nSPS) is 38.6. The molecule has 0 aromatic heterocycles. The summed E-state index contributed by atoms with van der Waals surface area (Å²) in [6.07, 6.45) is 14.0. The van der Waals surface area contributed by atoms with Gasteiger partial charge in [-0.3, -0.25) is 14.5 Å². The summed E-state index contributed by atoms with van der Waals surface area (Å²) in [5, 5.41) is 3.43. The van der Waals surface area contributed by atoms with Gasteiger partial charge in [0.1, 0.15) is 0 Å². The minimum absolute atomic E-state index is 0.126. The van der Waals surface area contributed by atoms with Crippen LogP contribution in [0.5, 0.6) is 0 Å². The molecule has 1 aromatic carbocycles. The molecule has 1 amide bonds. The molecule has 6 rings (SSSR count). The Balaban J connectivity index is 1.27. The molecule has 0 saturated heterocycles. The van der Waals surface area contributed by atoms with Crippen LogP contribution in [0, 0.1) is 63.6 Å². The second kappa shape index (κ2) is 13.5. The smallest absolute Gasteiger partial charge is 0.319 e. The van der Waals surface area contributed by atoms with E-state index in [9.17, 15) is 9.59 Å². The van der Waals surface area contributed by atoms with Crippen molar-refractivity contribution in [1.29, 1.82) is 0 Å². The van der Waals surface area contributed by atoms with Crippen molar-refractivity contribution in [2.75, 3.05) is 33.3 Å². The van der Waals surface area contributed by atoms with Gasteiger partial charge in [-0.2, -0.15) is 0 Å². The Morgan fingerprint density at radius 3 is 2.30 bits per heavy atom. The number of benzene rings is 1. The zero-order valence-corrected chi connectivity index (χ0v) is 33.1. The van der Waals surface area contributed by atoms with Crippen LogP contribution in [0.2, 0.25) is 0 Å². The maximum absolute atomic E-state index is 14.5. The fourth-order valence-corrected chi connectivity index (χ4v) is 13.7. The Morgan fingerprint density at radius 2 is 1.64 bits per heavy atom. The van der Waals surface area contributed by atoms with Crippen molar-refractivity contribution in [2.45, 2.75) is 120 Å². The molecule has 1 aromatic rings. The van der Waals surface area contributed by atoms with Crippen LogP contribution in [-0.4, -0.2) is 50.1 Å². The van der Waals surface area contributed by atoms with Crippen LogP contribution in [-0.2, 0) is 14.3 Å². The number of nitrogens with one attached hydrogen (secondary N) is 1. The molecule has 1 N–H and O–H groups in total. The molecule has 4 fully saturated rings. The maximum atomic E-state index is 14.5. The first-order chi connectivity index (χ1) is 23.6. The molecule has 0 unspecified atom stereocenters. The van der Waals surface area contributed by atoms with E-state index in [2.05, 4.69) is 103 Å². The predicted molar refractivity (Wildman–Crippen MR) is 205 cm³/mol. The topological polar surface area (TPSA) is 58.6 Å². The number of esters is 1. The van der Waals surface area contributed by atoms with Crippen LogP contribution in [0.3, 0.4) is 0 Å². The van der Waals surface area contributed by atoms with Crippen molar-refractivity contribution < 1.29 is 14.3 Å². The molecule has 5 heteroatoms. The molecular weight excluding hydrogens is 617 g/mol. The number of hydrogen-bond donors (Lipinski definition) is 1. The van der Waals surface area contributed by atoms with Gasteiger partial charge in [-0.1, -0.05) is 89.6 Å². The zero-order valence-electron chi connectivity index (χ0n) is 33.1. The minimum atomic E-state index is -0.325. The summed E-state index contributed by atoms with van der Waals surface area (Å²) >= 11 is 0. The Morgan fingerprint density at radius 1 is 0.920 bits per heavy atom. The highest BCUT2D eigenvalue weighted by molar-refractivity contribution is 5.84. The van der Waals surface area contributed by atoms with Crippen molar-refractivity contribution in [3.05, 3.63) is 53.6 Å². The monoisotopic (exact) mass is 685 g/mol. The SMILES string of the molecule is C=C(C)[C@@H]1CC[C@]2(C(=O)NCCN(CCC)CC(=O)OC)CC[C@]3(C)[C@H](CC[C@@H]4[C@@]5(C)CC=C(c6ccc(C)cc6)C(C)(C)[C@@H]5CC[C@]43C)[C@@H]12. The van der Waals surface area contributed by atoms with E-state index in [-0.39, 0.29) is 45.5 Å². The molecule has 276 valence electrons. The summed E-state index contributed by atoms with van der Waals surface area (Å²) in [4.78, 5) is 28.7. The van der Waals surface area contributed by atoms with E-state index in [4.69, 9.17) is 4.74 Å². The van der Waals surface area contributed by atoms with Gasteiger partial charge in [0, 0.05) is 13.1 Å². The van der Waals surface area contributed by atoms with E-state index in [1.165, 1.54) is 55.9 Å². The fraction of sp³-hybridized carbons (Fsp3) is 0.733. The predicted octanol–water partition coefficient (Wildman–Crippen LogP) is 9.65. The van der Waals surface area contributed by atoms with Gasteiger partial charge in [-0.05, 0) is 147 Å². The van der Waals surface area contributed by atoms with E-state index in [1.807, 2.05) is 0 Å². The quantitative estimate of drug-likeness (QED) is 0.197. The summed E-state index contributed by atoms with van der Waals surface area (Å²) in [6, 6.07) is 9.24. The lowest BCUT2D eigenvalue weighted by atomic mass is 9.32. The Kier molecular flexibility index (Phi) is 10.1. The van der Waals surface area contributed by atoms with Crippen LogP contribution in [0.4, 0.5) is 0 Å². The standard InChI is InChI=1S/C45H68N2O3/c1-11-27-47(29-38(48)50-10)28-26-46-40(49)45-23-18-33(30(2)3)39(45)35-16-17-37-42(7)21-19-34(32-14-12-31(4)13-15-32)41(5,6)36(42)20-22-44(37,9)43(35,8)24-25-45/h12-15,19,33,35-37,39H,2,11,16-18,20-29H2,1,3-10H3,(H,46,49)/t33-,35+,36-,37+,39+,42-,43+,44+,45-/m0/s1. The van der Waals surface area contributed by atoms with E-state index < -0.39 is 0 Å². The van der Waals surface area contributed by atoms with Crippen LogP contribution in [0.15, 0.2) is 42.5 Å². The lowest BCUT2D eigenvalue weighted by Crippen LogP contribution is -2.66. The number of fused-ring (bicyclic) bond motifs is 7. The third-order valence-corrected chi connectivity index (χ3v) is 16.3. The number of aryl methyl sites for hydroxylation is 1. The highest BCUT2D eigenvalue weighted by Crippen LogP contribution is 2.77. The molecule has 4 saturated carbocycles. The molecule has 9 atom stereocenters. The number of nitrogens with zero attached hydrogens (tertiary/aromatic N) is 1. The molecule has 0 aliphatic heterocycles. The number of carbonyl (C=O) groups excluding carboxylic acids is 2. The number of hydrogen-bond acceptors (Lipinski definition) is 4. The second-order valence-corrected chi connectivity index (χ2v) is 18.9. The lowest BCUT2D eigenvalue weighted by molar-refractivity contribution is -0.225. The van der Waals surface area contributed by atoms with Crippen molar-refractivity contribution >= 4 is 17.4 Å². The Hall–Kier alpha value is -2.40. The first kappa shape index (κ1) is 37.4. The first-order valence-corrected chi connectivity index (χ1v) is 20.1. The molecule has 5 nitrogen and oxygen atoms in total. The average Bonchev–Trinajstić information content (AvgIpc) is 3.47. The highest BCUT2D eigenvalue weighted by atomic mass is 16.5. The Labute approximate surface area is 304 Å². The third kappa shape index (κ3) is 5.75. The molecule has 50 heavy (non-hydrogen) atoms. The molecule has 5 aliphatic carbocycles. The Bertz CT molecular complexity index is 1490. The fourth-order valence-electron chi connectivity index (χ4n) is 13.7. The minimum Gasteiger partial charge on any atom is -0.468 e. The number of allylic oxidation sites excluding steroid dienone is 3. The van der Waals surface area contributed by atoms with Gasteiger partial charge in [0.25, 0.3) is 0 Å². The number of methoxy groups -OCH3 is 1. The summed E-state index contributed by atoms with van der Waals surface area (Å²) < 4.78 is 4.94. The van der Waals surface area contributed by atoms with Crippen LogP contribution in [0.1, 0.15) is 124 Å². The number of carbonyl (C=O) groups is 2. The number of rotatable bonds is 10. The van der Waals surface area contributed by atoms with Gasteiger partial charge in [-0.15, -0.1) is 0 Å². The van der Waals surface area contributed by atoms with Crippen LogP contribution < -0.4 is 5.32 Å². The number of amides is 1. The number of ether oxygens (including phenoxy) is 1. The van der Waals surface area contributed by atoms with Crippen LogP contribution >= 0.6 is 0 Å². The molecule has 0 heterocycles. The largest absolute Gasteiger partial charge is 0.468 e. The zero-order chi connectivity index (χ0) is 36.3. The van der Waals surface area contributed by atoms with Gasteiger partial charge < -0.3 is 10.1 Å². The summed E-state index contributed by atoms with van der Waals surface area (Å²) in [7, 11) is 1.44. The van der Waals surface area contributed by atoms with E-state index in [0.717, 1.165) is 38.6 Å². The maximum Gasteiger partial charge on any atom is 0.319 e. The molecule has 0 radical (unpaired) electrons. The van der Waals surface area contributed by atoms with Crippen molar-refractivity contribution in [1.82, 2.24) is 10.2 Å². The van der Waals surface area contributed by atoms with Crippen molar-refractivity contribution in [3.63, 3.8) is 0 Å². The molecule has 5 aliphatic rings. The van der Waals surface area contributed by atoms with E-state index in [1.54, 1.807) is 5.57 Å². The van der Waals surface area contributed by atoms with Gasteiger partial charge in [0.2, 0.25) is 5.91 Å². The first-order valence-electron chi connectivity index (χ1n) is 20.1. The van der Waals surface area contributed by atoms with E-state index >= 15 is 0 Å². The van der Waals surface area contributed by atoms with Crippen LogP contribution in [0.25, 0.3) is 5.57 Å². The van der Waals surface area contributed by atoms with E-state index in [0.29, 0.717) is 42.7 Å². The summed E-state index contributed by atoms with van der Waals surface area (Å²) in [5.41, 5.74) is 6.05. The highest BCUT2D eigenvalue weighted by Gasteiger charge is 2.71. The molecule has 0 bridgehead atoms. The average molecular weight is 685 g/mol.